The molecule has 1 atom stereocenters. The van der Waals surface area contributed by atoms with E-state index in [-0.39, 0.29) is 24.2 Å². The van der Waals surface area contributed by atoms with Gasteiger partial charge in [-0.05, 0) is 55.4 Å². The lowest BCUT2D eigenvalue weighted by Gasteiger charge is -2.33. The minimum atomic E-state index is -4.55. The van der Waals surface area contributed by atoms with Crippen molar-refractivity contribution in [3.63, 3.8) is 0 Å². The maximum Gasteiger partial charge on any atom is 0.418 e. The Morgan fingerprint density at radius 3 is 2.03 bits per heavy atom. The highest BCUT2D eigenvalue weighted by atomic mass is 19.4. The summed E-state index contributed by atoms with van der Waals surface area (Å²) < 4.78 is 77.7. The monoisotopic (exact) mass is 533 g/mol. The number of ether oxygens (including phenoxy) is 1. The summed E-state index contributed by atoms with van der Waals surface area (Å²) in [6.07, 6.45) is -8.08. The first-order chi connectivity index (χ1) is 17.3. The topological polar surface area (TPSA) is 70.0 Å². The number of rotatable bonds is 5. The van der Waals surface area contributed by atoms with Crippen LogP contribution < -0.4 is 4.90 Å². The van der Waals surface area contributed by atoms with Gasteiger partial charge in [0.1, 0.15) is 6.61 Å². The van der Waals surface area contributed by atoms with Gasteiger partial charge in [0.15, 0.2) is 6.10 Å². The highest BCUT2D eigenvalue weighted by Gasteiger charge is 2.48. The predicted octanol–water partition coefficient (Wildman–Crippen LogP) is 5.71. The van der Waals surface area contributed by atoms with Crippen molar-refractivity contribution in [2.75, 3.05) is 18.1 Å². The maximum atomic E-state index is 13.6. The first-order valence-corrected chi connectivity index (χ1v) is 11.8. The normalized spacial score (nSPS) is 23.1. The number of aliphatic hydroxyl groups is 2. The molecule has 4 rings (SSSR count). The third-order valence-electron chi connectivity index (χ3n) is 6.67. The first-order valence-electron chi connectivity index (χ1n) is 11.8. The van der Waals surface area contributed by atoms with Crippen molar-refractivity contribution in [3.05, 3.63) is 65.7 Å². The number of hydrogen-bond acceptors (Lipinski definition) is 4. The zero-order valence-electron chi connectivity index (χ0n) is 19.9. The van der Waals surface area contributed by atoms with Crippen LogP contribution in [0, 0.1) is 5.41 Å². The Morgan fingerprint density at radius 2 is 1.51 bits per heavy atom. The van der Waals surface area contributed by atoms with E-state index in [2.05, 4.69) is 0 Å². The lowest BCUT2D eigenvalue weighted by Crippen LogP contribution is -2.38. The van der Waals surface area contributed by atoms with Gasteiger partial charge in [0.2, 0.25) is 5.91 Å². The first kappa shape index (κ1) is 28.9. The quantitative estimate of drug-likeness (QED) is 0.484. The number of aliphatic hydroxyl groups excluding tert-OH is 2. The number of alkyl halides is 6. The molecule has 2 aromatic rings. The molecular weight excluding hydrogens is 504 g/mol. The number of anilines is 1. The Morgan fingerprint density at radius 1 is 0.946 bits per heavy atom. The van der Waals surface area contributed by atoms with Crippen molar-refractivity contribution >= 4 is 11.6 Å². The summed E-state index contributed by atoms with van der Waals surface area (Å²) in [5.41, 5.74) is 0.833. The average molecular weight is 534 g/mol. The molecule has 5 nitrogen and oxygen atoms in total. The minimum Gasteiger partial charge on any atom is -0.393 e. The molecule has 0 aromatic heterocycles. The van der Waals surface area contributed by atoms with Crippen LogP contribution in [0.3, 0.4) is 0 Å². The summed E-state index contributed by atoms with van der Waals surface area (Å²) in [6.45, 7) is -1.33. The third kappa shape index (κ3) is 7.68. The van der Waals surface area contributed by atoms with E-state index in [1.165, 1.54) is 12.1 Å². The van der Waals surface area contributed by atoms with Crippen LogP contribution in [-0.4, -0.2) is 47.7 Å². The van der Waals surface area contributed by atoms with Crippen molar-refractivity contribution in [2.24, 2.45) is 5.41 Å². The van der Waals surface area contributed by atoms with Gasteiger partial charge in [-0.15, -0.1) is 0 Å². The van der Waals surface area contributed by atoms with E-state index in [1.54, 1.807) is 47.4 Å². The maximum absolute atomic E-state index is 13.6. The van der Waals surface area contributed by atoms with Crippen molar-refractivity contribution in [1.29, 1.82) is 0 Å². The molecule has 1 saturated heterocycles. The molecule has 37 heavy (non-hydrogen) atoms. The Hall–Kier alpha value is -2.63. The molecular formula is C26H29F6NO4. The SMILES string of the molecule is O=C1N(c2ccc(C(OCc3ccccc3)C(F)(F)F)cc2)CCC12CCC(O)CC2.OCC(F)(F)F. The Kier molecular flexibility index (Phi) is 9.25. The summed E-state index contributed by atoms with van der Waals surface area (Å²) in [6, 6.07) is 14.6. The van der Waals surface area contributed by atoms with E-state index in [9.17, 15) is 36.2 Å². The number of carbonyl (C=O) groups is 1. The van der Waals surface area contributed by atoms with Gasteiger partial charge in [-0.2, -0.15) is 26.3 Å². The van der Waals surface area contributed by atoms with Gasteiger partial charge in [-0.3, -0.25) is 4.79 Å². The molecule has 0 radical (unpaired) electrons. The van der Waals surface area contributed by atoms with Crippen LogP contribution in [-0.2, 0) is 16.1 Å². The van der Waals surface area contributed by atoms with Crippen LogP contribution >= 0.6 is 0 Å². The van der Waals surface area contributed by atoms with Gasteiger partial charge in [-0.25, -0.2) is 0 Å². The number of benzene rings is 2. The second-order valence-corrected chi connectivity index (χ2v) is 9.30. The Balaban J connectivity index is 0.000000568. The molecule has 204 valence electrons. The van der Waals surface area contributed by atoms with Crippen molar-refractivity contribution in [2.45, 2.75) is 63.3 Å². The molecule has 2 aromatic carbocycles. The molecule has 2 fully saturated rings. The Bertz CT molecular complexity index is 1000. The fourth-order valence-electron chi connectivity index (χ4n) is 4.65. The fourth-order valence-corrected chi connectivity index (χ4v) is 4.65. The molecule has 1 heterocycles. The molecule has 1 unspecified atom stereocenters. The molecule has 1 aliphatic heterocycles. The molecule has 0 bridgehead atoms. The lowest BCUT2D eigenvalue weighted by atomic mass is 9.72. The highest BCUT2D eigenvalue weighted by Crippen LogP contribution is 2.46. The molecule has 1 amide bonds. The molecule has 1 saturated carbocycles. The van der Waals surface area contributed by atoms with Crippen LogP contribution in [0.5, 0.6) is 0 Å². The summed E-state index contributed by atoms with van der Waals surface area (Å²) in [7, 11) is 0. The van der Waals surface area contributed by atoms with E-state index in [1.807, 2.05) is 0 Å². The summed E-state index contributed by atoms with van der Waals surface area (Å²) >= 11 is 0. The number of carbonyl (C=O) groups excluding carboxylic acids is 1. The molecule has 2 N–H and O–H groups in total. The van der Waals surface area contributed by atoms with E-state index in [0.29, 0.717) is 49.9 Å². The zero-order valence-corrected chi connectivity index (χ0v) is 19.9. The van der Waals surface area contributed by atoms with Gasteiger partial charge in [0.25, 0.3) is 0 Å². The predicted molar refractivity (Wildman–Crippen MR) is 123 cm³/mol. The van der Waals surface area contributed by atoms with E-state index < -0.39 is 30.5 Å². The van der Waals surface area contributed by atoms with Gasteiger partial charge in [0.05, 0.1) is 18.1 Å². The van der Waals surface area contributed by atoms with Crippen LogP contribution in [0.15, 0.2) is 54.6 Å². The average Bonchev–Trinajstić information content (AvgIpc) is 3.17. The van der Waals surface area contributed by atoms with Crippen molar-refractivity contribution < 1.29 is 46.1 Å². The fraction of sp³-hybridized carbons (Fsp3) is 0.500. The van der Waals surface area contributed by atoms with Gasteiger partial charge >= 0.3 is 12.4 Å². The van der Waals surface area contributed by atoms with Crippen LogP contribution in [0.4, 0.5) is 32.0 Å². The Labute approximate surface area is 210 Å². The third-order valence-corrected chi connectivity index (χ3v) is 6.67. The molecule has 2 aliphatic rings. The molecule has 1 aliphatic carbocycles. The van der Waals surface area contributed by atoms with Gasteiger partial charge in [-0.1, -0.05) is 42.5 Å². The summed E-state index contributed by atoms with van der Waals surface area (Å²) in [4.78, 5) is 14.7. The minimum absolute atomic E-state index is 0.00864. The number of halogens is 6. The number of nitrogens with zero attached hydrogens (tertiary/aromatic N) is 1. The second-order valence-electron chi connectivity index (χ2n) is 9.30. The van der Waals surface area contributed by atoms with Crippen LogP contribution in [0.2, 0.25) is 0 Å². The number of amides is 1. The largest absolute Gasteiger partial charge is 0.418 e. The lowest BCUT2D eigenvalue weighted by molar-refractivity contribution is -0.227. The van der Waals surface area contributed by atoms with Gasteiger partial charge < -0.3 is 19.8 Å². The van der Waals surface area contributed by atoms with E-state index >= 15 is 0 Å². The second kappa shape index (κ2) is 11.8. The number of hydrogen-bond donors (Lipinski definition) is 2. The van der Waals surface area contributed by atoms with Crippen LogP contribution in [0.1, 0.15) is 49.3 Å². The highest BCUT2D eigenvalue weighted by molar-refractivity contribution is 6.00. The van der Waals surface area contributed by atoms with Crippen LogP contribution in [0.25, 0.3) is 0 Å². The smallest absolute Gasteiger partial charge is 0.393 e. The summed E-state index contributed by atoms with van der Waals surface area (Å²) in [5.74, 6) is 0.0137. The summed E-state index contributed by atoms with van der Waals surface area (Å²) in [5, 5.41) is 17.0. The van der Waals surface area contributed by atoms with Gasteiger partial charge in [0, 0.05) is 12.2 Å². The van der Waals surface area contributed by atoms with Crippen molar-refractivity contribution in [1.82, 2.24) is 0 Å². The standard InChI is InChI=1S/C24H26F3NO3.C2H3F3O/c25-24(26,27)21(31-16-17-4-2-1-3-5-17)18-6-8-19(9-7-18)28-15-14-23(22(28)30)12-10-20(29)11-13-23;3-2(4,5)1-6/h1-9,20-21,29H,10-16H2;6H,1H2. The van der Waals surface area contributed by atoms with E-state index in [0.717, 1.165) is 0 Å². The molecule has 11 heteroatoms. The van der Waals surface area contributed by atoms with Crippen molar-refractivity contribution in [3.8, 4) is 0 Å². The van der Waals surface area contributed by atoms with E-state index in [4.69, 9.17) is 9.84 Å². The molecule has 1 spiro atoms. The zero-order chi connectivity index (χ0) is 27.3.